The SMILES string of the molecule is Cc1ccc(C(=O)OCC(=O)c2ccc3ccccc3c2)cc1[N+](=O)[O-]. The predicted octanol–water partition coefficient (Wildman–Crippen LogP) is 4.10. The first-order valence-corrected chi connectivity index (χ1v) is 7.90. The Kier molecular flexibility index (Phi) is 4.75. The van der Waals surface area contributed by atoms with Crippen LogP contribution in [0.3, 0.4) is 0 Å². The van der Waals surface area contributed by atoms with Crippen LogP contribution in [0.5, 0.6) is 0 Å². The van der Waals surface area contributed by atoms with E-state index in [1.807, 2.05) is 30.3 Å². The van der Waals surface area contributed by atoms with Crippen LogP contribution in [0, 0.1) is 17.0 Å². The Morgan fingerprint density at radius 1 is 0.962 bits per heavy atom. The molecule has 0 saturated carbocycles. The Balaban J connectivity index is 1.71. The topological polar surface area (TPSA) is 86.5 Å². The number of Topliss-reactive ketones (excluding diaryl/α,β-unsaturated/α-hetero) is 1. The van der Waals surface area contributed by atoms with E-state index >= 15 is 0 Å². The zero-order valence-corrected chi connectivity index (χ0v) is 14.0. The number of hydrogen-bond acceptors (Lipinski definition) is 5. The van der Waals surface area contributed by atoms with Crippen molar-refractivity contribution in [3.05, 3.63) is 87.5 Å². The van der Waals surface area contributed by atoms with Crippen molar-refractivity contribution in [3.8, 4) is 0 Å². The molecule has 0 aliphatic heterocycles. The second kappa shape index (κ2) is 7.14. The molecule has 3 aromatic carbocycles. The molecular formula is C20H15NO5. The number of nitro benzene ring substituents is 1. The third-order valence-electron chi connectivity index (χ3n) is 4.05. The average molecular weight is 349 g/mol. The number of nitro groups is 1. The van der Waals surface area contributed by atoms with Gasteiger partial charge >= 0.3 is 5.97 Å². The Hall–Kier alpha value is -3.54. The third kappa shape index (κ3) is 3.59. The Morgan fingerprint density at radius 2 is 1.65 bits per heavy atom. The highest BCUT2D eigenvalue weighted by Crippen LogP contribution is 2.20. The molecule has 0 aliphatic carbocycles. The average Bonchev–Trinajstić information content (AvgIpc) is 2.65. The second-order valence-electron chi connectivity index (χ2n) is 5.82. The van der Waals surface area contributed by atoms with Crippen LogP contribution in [-0.4, -0.2) is 23.3 Å². The van der Waals surface area contributed by atoms with Gasteiger partial charge in [-0.15, -0.1) is 0 Å². The van der Waals surface area contributed by atoms with Gasteiger partial charge in [-0.2, -0.15) is 0 Å². The van der Waals surface area contributed by atoms with Crippen LogP contribution in [0.4, 0.5) is 5.69 Å². The first kappa shape index (κ1) is 17.3. The van der Waals surface area contributed by atoms with E-state index in [0.29, 0.717) is 11.1 Å². The molecule has 3 rings (SSSR count). The molecule has 3 aromatic rings. The van der Waals surface area contributed by atoms with Crippen LogP contribution in [0.15, 0.2) is 60.7 Å². The Labute approximate surface area is 149 Å². The first-order chi connectivity index (χ1) is 12.5. The summed E-state index contributed by atoms with van der Waals surface area (Å²) in [6, 6.07) is 16.9. The van der Waals surface area contributed by atoms with E-state index in [1.165, 1.54) is 12.1 Å². The molecule has 0 radical (unpaired) electrons. The molecule has 0 aliphatic rings. The highest BCUT2D eigenvalue weighted by atomic mass is 16.6. The van der Waals surface area contributed by atoms with Crippen molar-refractivity contribution in [2.45, 2.75) is 6.92 Å². The van der Waals surface area contributed by atoms with E-state index in [2.05, 4.69) is 0 Å². The van der Waals surface area contributed by atoms with Crippen LogP contribution >= 0.6 is 0 Å². The molecule has 6 heteroatoms. The number of rotatable bonds is 5. The lowest BCUT2D eigenvalue weighted by Crippen LogP contribution is -2.14. The minimum Gasteiger partial charge on any atom is -0.454 e. The monoisotopic (exact) mass is 349 g/mol. The summed E-state index contributed by atoms with van der Waals surface area (Å²) >= 11 is 0. The van der Waals surface area contributed by atoms with Gasteiger partial charge in [0, 0.05) is 17.2 Å². The largest absolute Gasteiger partial charge is 0.454 e. The number of esters is 1. The molecule has 130 valence electrons. The molecule has 0 spiro atoms. The summed E-state index contributed by atoms with van der Waals surface area (Å²) in [5.74, 6) is -1.12. The van der Waals surface area contributed by atoms with E-state index in [9.17, 15) is 19.7 Å². The number of nitrogens with zero attached hydrogens (tertiary/aromatic N) is 1. The molecule has 0 bridgehead atoms. The van der Waals surface area contributed by atoms with E-state index < -0.39 is 17.5 Å². The number of carbonyl (C=O) groups excluding carboxylic acids is 2. The van der Waals surface area contributed by atoms with Crippen LogP contribution in [0.25, 0.3) is 10.8 Å². The van der Waals surface area contributed by atoms with Gasteiger partial charge in [-0.3, -0.25) is 14.9 Å². The molecule has 0 unspecified atom stereocenters. The molecule has 6 nitrogen and oxygen atoms in total. The number of hydrogen-bond donors (Lipinski definition) is 0. The lowest BCUT2D eigenvalue weighted by Gasteiger charge is -2.06. The lowest BCUT2D eigenvalue weighted by molar-refractivity contribution is -0.385. The standard InChI is InChI=1S/C20H15NO5/c1-13-6-7-17(11-18(13)21(24)25)20(23)26-12-19(22)16-9-8-14-4-2-3-5-15(14)10-16/h2-11H,12H2,1H3. The van der Waals surface area contributed by atoms with Crippen molar-refractivity contribution in [2.75, 3.05) is 6.61 Å². The van der Waals surface area contributed by atoms with E-state index in [4.69, 9.17) is 4.74 Å². The lowest BCUT2D eigenvalue weighted by atomic mass is 10.0. The van der Waals surface area contributed by atoms with Crippen LogP contribution < -0.4 is 0 Å². The van der Waals surface area contributed by atoms with E-state index in [1.54, 1.807) is 19.1 Å². The highest BCUT2D eigenvalue weighted by molar-refractivity contribution is 6.02. The van der Waals surface area contributed by atoms with Crippen LogP contribution in [-0.2, 0) is 4.74 Å². The maximum Gasteiger partial charge on any atom is 0.338 e. The van der Waals surface area contributed by atoms with Gasteiger partial charge in [0.1, 0.15) is 0 Å². The van der Waals surface area contributed by atoms with Gasteiger partial charge in [-0.05, 0) is 29.8 Å². The summed E-state index contributed by atoms with van der Waals surface area (Å²) in [6.07, 6.45) is 0. The van der Waals surface area contributed by atoms with Crippen molar-refractivity contribution >= 4 is 28.2 Å². The van der Waals surface area contributed by atoms with Gasteiger partial charge in [-0.1, -0.05) is 42.5 Å². The summed E-state index contributed by atoms with van der Waals surface area (Å²) < 4.78 is 5.02. The molecule has 0 amide bonds. The maximum atomic E-state index is 12.3. The molecule has 0 N–H and O–H groups in total. The number of benzene rings is 3. The molecule has 0 aromatic heterocycles. The minimum atomic E-state index is -0.776. The van der Waals surface area contributed by atoms with Crippen molar-refractivity contribution < 1.29 is 19.2 Å². The van der Waals surface area contributed by atoms with E-state index in [0.717, 1.165) is 16.8 Å². The first-order valence-electron chi connectivity index (χ1n) is 7.90. The van der Waals surface area contributed by atoms with Gasteiger partial charge in [0.05, 0.1) is 10.5 Å². The van der Waals surface area contributed by atoms with Crippen molar-refractivity contribution in [1.82, 2.24) is 0 Å². The molecular weight excluding hydrogens is 334 g/mol. The Morgan fingerprint density at radius 3 is 2.38 bits per heavy atom. The number of fused-ring (bicyclic) bond motifs is 1. The number of ketones is 1. The molecule has 0 saturated heterocycles. The van der Waals surface area contributed by atoms with Crippen molar-refractivity contribution in [1.29, 1.82) is 0 Å². The third-order valence-corrected chi connectivity index (χ3v) is 4.05. The fraction of sp³-hybridized carbons (Fsp3) is 0.100. The van der Waals surface area contributed by atoms with Gasteiger partial charge in [0.2, 0.25) is 0 Å². The molecule has 0 atom stereocenters. The molecule has 0 heterocycles. The van der Waals surface area contributed by atoms with E-state index in [-0.39, 0.29) is 17.0 Å². The van der Waals surface area contributed by atoms with Crippen molar-refractivity contribution in [3.63, 3.8) is 0 Å². The van der Waals surface area contributed by atoms with Crippen LogP contribution in [0.1, 0.15) is 26.3 Å². The second-order valence-corrected chi connectivity index (χ2v) is 5.82. The quantitative estimate of drug-likeness (QED) is 0.300. The summed E-state index contributed by atoms with van der Waals surface area (Å²) in [7, 11) is 0. The zero-order chi connectivity index (χ0) is 18.7. The van der Waals surface area contributed by atoms with Crippen LogP contribution in [0.2, 0.25) is 0 Å². The number of carbonyl (C=O) groups is 2. The van der Waals surface area contributed by atoms with Gasteiger partial charge in [0.25, 0.3) is 5.69 Å². The van der Waals surface area contributed by atoms with Gasteiger partial charge in [0.15, 0.2) is 12.4 Å². The fourth-order valence-electron chi connectivity index (χ4n) is 2.59. The fourth-order valence-corrected chi connectivity index (χ4v) is 2.59. The normalized spacial score (nSPS) is 10.5. The Bertz CT molecular complexity index is 1030. The van der Waals surface area contributed by atoms with Gasteiger partial charge in [-0.25, -0.2) is 4.79 Å². The zero-order valence-electron chi connectivity index (χ0n) is 14.0. The molecule has 26 heavy (non-hydrogen) atoms. The minimum absolute atomic E-state index is 0.0358. The number of ether oxygens (including phenoxy) is 1. The summed E-state index contributed by atoms with van der Waals surface area (Å²) in [4.78, 5) is 34.7. The summed E-state index contributed by atoms with van der Waals surface area (Å²) in [5.41, 5.74) is 0.749. The summed E-state index contributed by atoms with van der Waals surface area (Å²) in [6.45, 7) is 1.15. The number of aryl methyl sites for hydroxylation is 1. The van der Waals surface area contributed by atoms with Gasteiger partial charge < -0.3 is 4.74 Å². The maximum absolute atomic E-state index is 12.3. The summed E-state index contributed by atoms with van der Waals surface area (Å²) in [5, 5.41) is 12.9. The van der Waals surface area contributed by atoms with Crippen molar-refractivity contribution in [2.24, 2.45) is 0 Å². The predicted molar refractivity (Wildman–Crippen MR) is 96.4 cm³/mol. The highest BCUT2D eigenvalue weighted by Gasteiger charge is 2.17. The molecule has 0 fully saturated rings. The smallest absolute Gasteiger partial charge is 0.338 e.